The highest BCUT2D eigenvalue weighted by molar-refractivity contribution is 6.34. The number of carbonyl (C=O) groups excluding carboxylic acids is 2. The third-order valence-corrected chi connectivity index (χ3v) is 2.90. The minimum absolute atomic E-state index is 0.147. The minimum atomic E-state index is -0.684. The molecule has 0 bridgehead atoms. The van der Waals surface area contributed by atoms with E-state index in [9.17, 15) is 14.0 Å². The zero-order valence-electron chi connectivity index (χ0n) is 9.63. The lowest BCUT2D eigenvalue weighted by Crippen LogP contribution is -2.30. The maximum absolute atomic E-state index is 13.8. The molecule has 1 aromatic carbocycles. The van der Waals surface area contributed by atoms with E-state index >= 15 is 0 Å². The van der Waals surface area contributed by atoms with Crippen molar-refractivity contribution in [2.24, 2.45) is 0 Å². The molecule has 0 aliphatic carbocycles. The normalized spacial score (nSPS) is 13.8. The van der Waals surface area contributed by atoms with Crippen LogP contribution in [0.25, 0.3) is 0 Å². The number of hydrogen-bond donors (Lipinski definition) is 1. The average Bonchev–Trinajstić information content (AvgIpc) is 2.66. The van der Waals surface area contributed by atoms with Crippen molar-refractivity contribution < 1.29 is 14.0 Å². The summed E-state index contributed by atoms with van der Waals surface area (Å²) >= 11 is 0. The van der Waals surface area contributed by atoms with Gasteiger partial charge in [-0.05, 0) is 24.3 Å². The Balaban J connectivity index is 2.17. The Morgan fingerprint density at radius 3 is 2.58 bits per heavy atom. The summed E-state index contributed by atoms with van der Waals surface area (Å²) in [6.07, 6.45) is 2.70. The summed E-state index contributed by atoms with van der Waals surface area (Å²) in [6, 6.07) is 5.16. The predicted molar refractivity (Wildman–Crippen MR) is 66.2 cm³/mol. The number of fused-ring (bicyclic) bond motifs is 1. The van der Waals surface area contributed by atoms with E-state index in [0.717, 1.165) is 11.0 Å². The second-order valence-corrected chi connectivity index (χ2v) is 4.08. The number of anilines is 2. The Labute approximate surface area is 107 Å². The molecule has 6 heteroatoms. The van der Waals surface area contributed by atoms with Crippen LogP contribution in [0.1, 0.15) is 20.7 Å². The lowest BCUT2D eigenvalue weighted by molar-refractivity contribution is 0.0925. The summed E-state index contributed by atoms with van der Waals surface area (Å²) in [5.74, 6) is -1.86. The summed E-state index contributed by atoms with van der Waals surface area (Å²) < 4.78 is 13.8. The highest BCUT2D eigenvalue weighted by Crippen LogP contribution is 2.30. The van der Waals surface area contributed by atoms with Crippen LogP contribution >= 0.6 is 0 Å². The van der Waals surface area contributed by atoms with E-state index in [0.29, 0.717) is 0 Å². The van der Waals surface area contributed by atoms with Gasteiger partial charge in [-0.25, -0.2) is 9.29 Å². The Morgan fingerprint density at radius 2 is 1.84 bits per heavy atom. The number of hydrogen-bond acceptors (Lipinski definition) is 4. The SMILES string of the molecule is Nc1ccc(F)c(N2C(=O)c3ccncc3C2=O)c1. The van der Waals surface area contributed by atoms with Gasteiger partial charge in [-0.3, -0.25) is 14.6 Å². The molecule has 2 heterocycles. The van der Waals surface area contributed by atoms with Gasteiger partial charge in [-0.1, -0.05) is 0 Å². The van der Waals surface area contributed by atoms with E-state index in [-0.39, 0.29) is 22.5 Å². The number of nitrogen functional groups attached to an aromatic ring is 1. The number of benzene rings is 1. The van der Waals surface area contributed by atoms with E-state index < -0.39 is 17.6 Å². The summed E-state index contributed by atoms with van der Waals surface area (Å²) in [5.41, 5.74) is 6.06. The summed E-state index contributed by atoms with van der Waals surface area (Å²) in [6.45, 7) is 0. The number of nitrogens with zero attached hydrogens (tertiary/aromatic N) is 2. The maximum atomic E-state index is 13.8. The van der Waals surface area contributed by atoms with Crippen LogP contribution in [-0.4, -0.2) is 16.8 Å². The molecule has 1 aromatic heterocycles. The van der Waals surface area contributed by atoms with Gasteiger partial charge in [0.25, 0.3) is 11.8 Å². The number of nitrogens with two attached hydrogens (primary N) is 1. The van der Waals surface area contributed by atoms with Crippen LogP contribution < -0.4 is 10.6 Å². The van der Waals surface area contributed by atoms with Gasteiger partial charge >= 0.3 is 0 Å². The molecule has 3 rings (SSSR count). The van der Waals surface area contributed by atoms with Crippen molar-refractivity contribution in [1.29, 1.82) is 0 Å². The predicted octanol–water partition coefficient (Wildman–Crippen LogP) is 1.60. The van der Waals surface area contributed by atoms with Crippen LogP contribution in [-0.2, 0) is 0 Å². The molecule has 1 aliphatic rings. The van der Waals surface area contributed by atoms with Crippen molar-refractivity contribution in [3.63, 3.8) is 0 Å². The molecule has 2 amide bonds. The van der Waals surface area contributed by atoms with Crippen LogP contribution in [0.3, 0.4) is 0 Å². The van der Waals surface area contributed by atoms with Crippen molar-refractivity contribution in [2.75, 3.05) is 10.6 Å². The van der Waals surface area contributed by atoms with Gasteiger partial charge in [0.2, 0.25) is 0 Å². The molecule has 0 unspecified atom stereocenters. The summed E-state index contributed by atoms with van der Waals surface area (Å²) in [5, 5.41) is 0. The number of imide groups is 1. The van der Waals surface area contributed by atoms with Crippen LogP contribution in [0, 0.1) is 5.82 Å². The second kappa shape index (κ2) is 3.88. The first-order chi connectivity index (χ1) is 9.09. The number of amides is 2. The van der Waals surface area contributed by atoms with E-state index in [1.54, 1.807) is 0 Å². The quantitative estimate of drug-likeness (QED) is 0.622. The Hall–Kier alpha value is -2.76. The molecule has 2 aromatic rings. The van der Waals surface area contributed by atoms with Crippen molar-refractivity contribution in [1.82, 2.24) is 4.98 Å². The molecule has 19 heavy (non-hydrogen) atoms. The number of pyridine rings is 1. The van der Waals surface area contributed by atoms with Crippen LogP contribution in [0.2, 0.25) is 0 Å². The minimum Gasteiger partial charge on any atom is -0.399 e. The Kier molecular flexibility index (Phi) is 2.31. The molecular weight excluding hydrogens is 249 g/mol. The van der Waals surface area contributed by atoms with E-state index in [4.69, 9.17) is 5.73 Å². The van der Waals surface area contributed by atoms with Crippen molar-refractivity contribution in [2.45, 2.75) is 0 Å². The number of halogens is 1. The molecule has 0 saturated heterocycles. The summed E-state index contributed by atoms with van der Waals surface area (Å²) in [7, 11) is 0. The van der Waals surface area contributed by atoms with Gasteiger partial charge in [0.15, 0.2) is 0 Å². The molecule has 2 N–H and O–H groups in total. The van der Waals surface area contributed by atoms with Gasteiger partial charge in [-0.2, -0.15) is 0 Å². The number of aromatic nitrogens is 1. The fraction of sp³-hybridized carbons (Fsp3) is 0. The monoisotopic (exact) mass is 257 g/mol. The molecule has 0 atom stereocenters. The fourth-order valence-electron chi connectivity index (χ4n) is 2.00. The zero-order valence-corrected chi connectivity index (χ0v) is 9.63. The summed E-state index contributed by atoms with van der Waals surface area (Å²) in [4.78, 5) is 28.8. The largest absolute Gasteiger partial charge is 0.399 e. The van der Waals surface area contributed by atoms with Crippen molar-refractivity contribution in [3.05, 3.63) is 53.6 Å². The van der Waals surface area contributed by atoms with Gasteiger partial charge in [0, 0.05) is 18.1 Å². The lowest BCUT2D eigenvalue weighted by Gasteiger charge is -2.15. The first-order valence-electron chi connectivity index (χ1n) is 5.47. The Bertz CT molecular complexity index is 680. The van der Waals surface area contributed by atoms with Gasteiger partial charge in [0.05, 0.1) is 16.8 Å². The molecule has 0 radical (unpaired) electrons. The standard InChI is InChI=1S/C13H8FN3O2/c14-10-2-1-7(15)5-11(10)17-12(18)8-3-4-16-6-9(8)13(17)19/h1-6H,15H2. The van der Waals surface area contributed by atoms with E-state index in [1.807, 2.05) is 0 Å². The number of rotatable bonds is 1. The van der Waals surface area contributed by atoms with Crippen LogP contribution in [0.15, 0.2) is 36.7 Å². The topological polar surface area (TPSA) is 76.3 Å². The third kappa shape index (κ3) is 1.57. The van der Waals surface area contributed by atoms with E-state index in [1.165, 1.54) is 30.6 Å². The first kappa shape index (κ1) is 11.3. The molecular formula is C13H8FN3O2. The molecule has 5 nitrogen and oxygen atoms in total. The molecule has 1 aliphatic heterocycles. The highest BCUT2D eigenvalue weighted by Gasteiger charge is 2.38. The van der Waals surface area contributed by atoms with Crippen LogP contribution in [0.4, 0.5) is 15.8 Å². The smallest absolute Gasteiger partial charge is 0.267 e. The maximum Gasteiger partial charge on any atom is 0.267 e. The van der Waals surface area contributed by atoms with E-state index in [2.05, 4.69) is 4.98 Å². The molecule has 94 valence electrons. The average molecular weight is 257 g/mol. The fourth-order valence-corrected chi connectivity index (χ4v) is 2.00. The number of carbonyl (C=O) groups is 2. The first-order valence-corrected chi connectivity index (χ1v) is 5.47. The second-order valence-electron chi connectivity index (χ2n) is 4.08. The third-order valence-electron chi connectivity index (χ3n) is 2.90. The molecule has 0 spiro atoms. The Morgan fingerprint density at radius 1 is 1.11 bits per heavy atom. The van der Waals surface area contributed by atoms with Crippen molar-refractivity contribution >= 4 is 23.2 Å². The highest BCUT2D eigenvalue weighted by atomic mass is 19.1. The molecule has 0 fully saturated rings. The van der Waals surface area contributed by atoms with Gasteiger partial charge < -0.3 is 5.73 Å². The zero-order chi connectivity index (χ0) is 13.6. The van der Waals surface area contributed by atoms with Crippen LogP contribution in [0.5, 0.6) is 0 Å². The lowest BCUT2D eigenvalue weighted by atomic mass is 10.2. The molecule has 0 saturated carbocycles. The van der Waals surface area contributed by atoms with Gasteiger partial charge in [-0.15, -0.1) is 0 Å². The van der Waals surface area contributed by atoms with Crippen molar-refractivity contribution in [3.8, 4) is 0 Å². The van der Waals surface area contributed by atoms with Gasteiger partial charge in [0.1, 0.15) is 5.82 Å².